The zero-order valence-electron chi connectivity index (χ0n) is 11.9. The van der Waals surface area contributed by atoms with Gasteiger partial charge in [0.05, 0.1) is 0 Å². The maximum atomic E-state index is 12.8. The minimum Gasteiger partial charge on any atom is -0.324 e. The molecule has 0 fully saturated rings. The SMILES string of the molecule is Cc1cccc(C(C)C)c1NC(=O)C(C)(N)C(F)(F)F. The van der Waals surface area contributed by atoms with E-state index in [0.29, 0.717) is 18.2 Å². The highest BCUT2D eigenvalue weighted by atomic mass is 19.4. The van der Waals surface area contributed by atoms with Gasteiger partial charge in [0, 0.05) is 5.69 Å². The van der Waals surface area contributed by atoms with Gasteiger partial charge in [-0.15, -0.1) is 0 Å². The smallest absolute Gasteiger partial charge is 0.324 e. The second-order valence-corrected chi connectivity index (χ2v) is 5.35. The normalized spacial score (nSPS) is 15.1. The van der Waals surface area contributed by atoms with Crippen LogP contribution in [0, 0.1) is 6.92 Å². The summed E-state index contributed by atoms with van der Waals surface area (Å²) >= 11 is 0. The summed E-state index contributed by atoms with van der Waals surface area (Å²) in [4.78, 5) is 11.9. The lowest BCUT2D eigenvalue weighted by Gasteiger charge is -2.27. The lowest BCUT2D eigenvalue weighted by atomic mass is 9.96. The van der Waals surface area contributed by atoms with Gasteiger partial charge in [0.1, 0.15) is 0 Å². The molecule has 0 bridgehead atoms. The van der Waals surface area contributed by atoms with Gasteiger partial charge in [-0.25, -0.2) is 0 Å². The molecule has 0 saturated heterocycles. The van der Waals surface area contributed by atoms with Crippen molar-refractivity contribution in [2.45, 2.75) is 45.3 Å². The number of nitrogens with two attached hydrogens (primary N) is 1. The Kier molecular flexibility index (Phi) is 4.49. The topological polar surface area (TPSA) is 55.1 Å². The number of carbonyl (C=O) groups excluding carboxylic acids is 1. The molecule has 1 aromatic rings. The van der Waals surface area contributed by atoms with Gasteiger partial charge >= 0.3 is 6.18 Å². The lowest BCUT2D eigenvalue weighted by Crippen LogP contribution is -2.59. The van der Waals surface area contributed by atoms with Crippen LogP contribution >= 0.6 is 0 Å². The molecule has 0 aliphatic heterocycles. The van der Waals surface area contributed by atoms with Crippen molar-refractivity contribution in [3.05, 3.63) is 29.3 Å². The average Bonchev–Trinajstić information content (AvgIpc) is 2.29. The number of nitrogens with one attached hydrogen (secondary N) is 1. The fourth-order valence-electron chi connectivity index (χ4n) is 1.71. The van der Waals surface area contributed by atoms with Gasteiger partial charge in [-0.2, -0.15) is 13.2 Å². The molecule has 0 radical (unpaired) electrons. The second-order valence-electron chi connectivity index (χ2n) is 5.35. The first kappa shape index (κ1) is 16.5. The third-order valence-corrected chi connectivity index (χ3v) is 3.23. The maximum Gasteiger partial charge on any atom is 0.415 e. The minimum absolute atomic E-state index is 0.0696. The molecule has 1 amide bonds. The molecule has 0 heterocycles. The highest BCUT2D eigenvalue weighted by molar-refractivity contribution is 5.99. The third-order valence-electron chi connectivity index (χ3n) is 3.23. The van der Waals surface area contributed by atoms with Gasteiger partial charge in [-0.05, 0) is 30.9 Å². The number of halogens is 3. The molecule has 0 spiro atoms. The molecule has 1 aromatic carbocycles. The Bertz CT molecular complexity index is 508. The van der Waals surface area contributed by atoms with Crippen LogP contribution < -0.4 is 11.1 Å². The lowest BCUT2D eigenvalue weighted by molar-refractivity contribution is -0.184. The van der Waals surface area contributed by atoms with Crippen molar-refractivity contribution in [3.8, 4) is 0 Å². The number of alkyl halides is 3. The quantitative estimate of drug-likeness (QED) is 0.896. The molecule has 0 saturated carbocycles. The van der Waals surface area contributed by atoms with Crippen LogP contribution in [-0.2, 0) is 4.79 Å². The second kappa shape index (κ2) is 5.44. The van der Waals surface area contributed by atoms with Gasteiger partial charge in [0.15, 0.2) is 5.54 Å². The van der Waals surface area contributed by atoms with Crippen molar-refractivity contribution >= 4 is 11.6 Å². The van der Waals surface area contributed by atoms with Crippen molar-refractivity contribution in [1.82, 2.24) is 0 Å². The molecule has 6 heteroatoms. The minimum atomic E-state index is -4.81. The zero-order chi connectivity index (χ0) is 15.7. The summed E-state index contributed by atoms with van der Waals surface area (Å²) in [6.07, 6.45) is -4.81. The van der Waals surface area contributed by atoms with Crippen LogP contribution in [0.2, 0.25) is 0 Å². The largest absolute Gasteiger partial charge is 0.415 e. The van der Waals surface area contributed by atoms with Crippen molar-refractivity contribution in [2.24, 2.45) is 5.73 Å². The number of amides is 1. The zero-order valence-corrected chi connectivity index (χ0v) is 11.9. The Morgan fingerprint density at radius 1 is 1.30 bits per heavy atom. The number of rotatable bonds is 3. The molecule has 3 nitrogen and oxygen atoms in total. The summed E-state index contributed by atoms with van der Waals surface area (Å²) < 4.78 is 38.3. The molecule has 112 valence electrons. The number of hydrogen-bond donors (Lipinski definition) is 2. The van der Waals surface area contributed by atoms with Gasteiger partial charge in [-0.1, -0.05) is 32.0 Å². The van der Waals surface area contributed by atoms with Crippen LogP contribution in [-0.4, -0.2) is 17.6 Å². The maximum absolute atomic E-state index is 12.8. The highest BCUT2D eigenvalue weighted by Gasteiger charge is 2.54. The summed E-state index contributed by atoms with van der Waals surface area (Å²) in [5.41, 5.74) is 4.07. The van der Waals surface area contributed by atoms with E-state index >= 15 is 0 Å². The van der Waals surface area contributed by atoms with Gasteiger partial charge in [0.2, 0.25) is 0 Å². The molecule has 0 aliphatic carbocycles. The molecule has 3 N–H and O–H groups in total. The number of para-hydroxylation sites is 1. The summed E-state index contributed by atoms with van der Waals surface area (Å²) in [6.45, 7) is 6.18. The first-order valence-electron chi connectivity index (χ1n) is 6.25. The number of aryl methyl sites for hydroxylation is 1. The fraction of sp³-hybridized carbons (Fsp3) is 0.500. The predicted octanol–water partition coefficient (Wildman–Crippen LogP) is 3.34. The molecule has 0 aliphatic rings. The molecular weight excluding hydrogens is 269 g/mol. The molecule has 1 rings (SSSR count). The van der Waals surface area contributed by atoms with Crippen LogP contribution in [0.15, 0.2) is 18.2 Å². The number of carbonyl (C=O) groups is 1. The number of hydrogen-bond acceptors (Lipinski definition) is 2. The molecular formula is C14H19F3N2O. The van der Waals surface area contributed by atoms with Crippen molar-refractivity contribution in [3.63, 3.8) is 0 Å². The Morgan fingerprint density at radius 3 is 2.30 bits per heavy atom. The Morgan fingerprint density at radius 2 is 1.85 bits per heavy atom. The van der Waals surface area contributed by atoms with E-state index in [9.17, 15) is 18.0 Å². The standard InChI is InChI=1S/C14H19F3N2O/c1-8(2)10-7-5-6-9(3)11(10)19-12(20)13(4,18)14(15,16)17/h5-8H,18H2,1-4H3,(H,19,20). The average molecular weight is 288 g/mol. The van der Waals surface area contributed by atoms with Gasteiger partial charge in [-0.3, -0.25) is 4.79 Å². The van der Waals surface area contributed by atoms with Gasteiger partial charge < -0.3 is 11.1 Å². The van der Waals surface area contributed by atoms with Crippen LogP contribution in [0.3, 0.4) is 0 Å². The van der Waals surface area contributed by atoms with Crippen LogP contribution in [0.5, 0.6) is 0 Å². The molecule has 1 atom stereocenters. The molecule has 1 unspecified atom stereocenters. The molecule has 20 heavy (non-hydrogen) atoms. The predicted molar refractivity (Wildman–Crippen MR) is 72.5 cm³/mol. The van der Waals surface area contributed by atoms with E-state index in [-0.39, 0.29) is 5.92 Å². The van der Waals surface area contributed by atoms with E-state index in [2.05, 4.69) is 5.32 Å². The highest BCUT2D eigenvalue weighted by Crippen LogP contribution is 2.32. The van der Waals surface area contributed by atoms with E-state index in [1.165, 1.54) is 0 Å². The van der Waals surface area contributed by atoms with E-state index < -0.39 is 17.6 Å². The van der Waals surface area contributed by atoms with Crippen LogP contribution in [0.4, 0.5) is 18.9 Å². The molecule has 0 aromatic heterocycles. The summed E-state index contributed by atoms with van der Waals surface area (Å²) in [5, 5.41) is 2.32. The van der Waals surface area contributed by atoms with Crippen molar-refractivity contribution in [1.29, 1.82) is 0 Å². The number of benzene rings is 1. The van der Waals surface area contributed by atoms with Crippen molar-refractivity contribution in [2.75, 3.05) is 5.32 Å². The Labute approximate surface area is 116 Å². The first-order valence-corrected chi connectivity index (χ1v) is 6.25. The van der Waals surface area contributed by atoms with E-state index in [1.54, 1.807) is 25.1 Å². The fourth-order valence-corrected chi connectivity index (χ4v) is 1.71. The third kappa shape index (κ3) is 3.12. The summed E-state index contributed by atoms with van der Waals surface area (Å²) in [5.74, 6) is -1.19. The number of anilines is 1. The Hall–Kier alpha value is -1.56. The summed E-state index contributed by atoms with van der Waals surface area (Å²) in [6, 6.07) is 5.30. The first-order chi connectivity index (χ1) is 8.98. The van der Waals surface area contributed by atoms with Crippen LogP contribution in [0.1, 0.15) is 37.8 Å². The van der Waals surface area contributed by atoms with Gasteiger partial charge in [0.25, 0.3) is 5.91 Å². The van der Waals surface area contributed by atoms with E-state index in [4.69, 9.17) is 5.73 Å². The van der Waals surface area contributed by atoms with E-state index in [0.717, 1.165) is 5.56 Å². The Balaban J connectivity index is 3.15. The monoisotopic (exact) mass is 288 g/mol. The van der Waals surface area contributed by atoms with Crippen molar-refractivity contribution < 1.29 is 18.0 Å². The summed E-state index contributed by atoms with van der Waals surface area (Å²) in [7, 11) is 0. The van der Waals surface area contributed by atoms with Crippen LogP contribution in [0.25, 0.3) is 0 Å². The van der Waals surface area contributed by atoms with E-state index in [1.807, 2.05) is 13.8 Å².